The Balaban J connectivity index is 2.85. The Bertz CT molecular complexity index is 322. The number of carbonyl (C=O) groups excluding carboxylic acids is 2. The van der Waals surface area contributed by atoms with Gasteiger partial charge >= 0.3 is 0 Å². The molecule has 0 bridgehead atoms. The van der Waals surface area contributed by atoms with Crippen LogP contribution in [0.5, 0.6) is 0 Å². The van der Waals surface area contributed by atoms with Gasteiger partial charge in [-0.05, 0) is 6.26 Å². The van der Waals surface area contributed by atoms with Crippen molar-refractivity contribution in [1.29, 1.82) is 0 Å². The Morgan fingerprint density at radius 3 is 2.67 bits per heavy atom. The molecule has 0 radical (unpaired) electrons. The predicted octanol–water partition coefficient (Wildman–Crippen LogP) is 0.193. The summed E-state index contributed by atoms with van der Waals surface area (Å²) in [5.41, 5.74) is 5.23. The van der Waals surface area contributed by atoms with Crippen molar-refractivity contribution in [2.45, 2.75) is 0 Å². The number of thioether (sulfide) groups is 1. The van der Waals surface area contributed by atoms with E-state index in [1.807, 2.05) is 0 Å². The van der Waals surface area contributed by atoms with E-state index >= 15 is 0 Å². The Hall–Kier alpha value is -0.950. The van der Waals surface area contributed by atoms with Gasteiger partial charge in [-0.2, -0.15) is 9.36 Å². The lowest BCUT2D eigenvalue weighted by molar-refractivity contribution is -0.107. The first-order chi connectivity index (χ1) is 5.65. The summed E-state index contributed by atoms with van der Waals surface area (Å²) < 4.78 is 3.61. The summed E-state index contributed by atoms with van der Waals surface area (Å²) in [6.45, 7) is 0. The second kappa shape index (κ2) is 3.63. The molecule has 0 saturated carbocycles. The maximum atomic E-state index is 11.0. The minimum Gasteiger partial charge on any atom is -0.374 e. The Kier molecular flexibility index (Phi) is 2.77. The maximum Gasteiger partial charge on any atom is 0.277 e. The van der Waals surface area contributed by atoms with Crippen LogP contribution >= 0.6 is 23.3 Å². The molecule has 7 heteroatoms. The maximum absolute atomic E-state index is 11.0. The summed E-state index contributed by atoms with van der Waals surface area (Å²) in [6.07, 6.45) is 1.52. The number of aromatic nitrogens is 2. The van der Waals surface area contributed by atoms with E-state index in [4.69, 9.17) is 5.73 Å². The van der Waals surface area contributed by atoms with Crippen LogP contribution in [-0.4, -0.2) is 26.5 Å². The number of nitrogens with two attached hydrogens (primary N) is 1. The lowest BCUT2D eigenvalue weighted by atomic mass is 10.4. The zero-order valence-electron chi connectivity index (χ0n) is 6.10. The average Bonchev–Trinajstić information content (AvgIpc) is 2.49. The molecule has 5 nitrogen and oxygen atoms in total. The molecule has 0 spiro atoms. The van der Waals surface area contributed by atoms with E-state index in [1.165, 1.54) is 6.26 Å². The van der Waals surface area contributed by atoms with Crippen LogP contribution in [0.25, 0.3) is 0 Å². The first-order valence-corrected chi connectivity index (χ1v) is 4.86. The third-order valence-electron chi connectivity index (χ3n) is 1.02. The van der Waals surface area contributed by atoms with Crippen molar-refractivity contribution in [2.75, 3.05) is 12.0 Å². The molecule has 1 rings (SSSR count). The summed E-state index contributed by atoms with van der Waals surface area (Å²) in [5.74, 6) is -0.813. The van der Waals surface area contributed by atoms with Gasteiger partial charge in [-0.3, -0.25) is 9.59 Å². The van der Waals surface area contributed by atoms with Gasteiger partial charge in [0.15, 0.2) is 5.13 Å². The zero-order chi connectivity index (χ0) is 9.14. The molecule has 0 aliphatic rings. The summed E-state index contributed by atoms with van der Waals surface area (Å²) in [7, 11) is 0. The molecule has 0 fully saturated rings. The van der Waals surface area contributed by atoms with Gasteiger partial charge in [0.25, 0.3) is 10.9 Å². The van der Waals surface area contributed by atoms with Gasteiger partial charge in [-0.15, -0.1) is 0 Å². The van der Waals surface area contributed by atoms with Gasteiger partial charge in [0.2, 0.25) is 5.82 Å². The summed E-state index contributed by atoms with van der Waals surface area (Å²) in [6, 6.07) is 0. The van der Waals surface area contributed by atoms with E-state index in [9.17, 15) is 9.59 Å². The van der Waals surface area contributed by atoms with E-state index in [-0.39, 0.29) is 11.0 Å². The molecule has 0 saturated heterocycles. The number of ketones is 1. The smallest absolute Gasteiger partial charge is 0.277 e. The first-order valence-electron chi connectivity index (χ1n) is 2.87. The van der Waals surface area contributed by atoms with E-state index in [0.717, 1.165) is 23.3 Å². The second-order valence-corrected chi connectivity index (χ2v) is 3.34. The second-order valence-electron chi connectivity index (χ2n) is 1.78. The van der Waals surface area contributed by atoms with Gasteiger partial charge in [0, 0.05) is 11.5 Å². The van der Waals surface area contributed by atoms with Gasteiger partial charge in [0.05, 0.1) is 0 Å². The number of anilines is 1. The fourth-order valence-corrected chi connectivity index (χ4v) is 1.22. The van der Waals surface area contributed by atoms with E-state index in [2.05, 4.69) is 9.36 Å². The quantitative estimate of drug-likeness (QED) is 0.545. The van der Waals surface area contributed by atoms with Crippen molar-refractivity contribution in [1.82, 2.24) is 9.36 Å². The Labute approximate surface area is 76.5 Å². The van der Waals surface area contributed by atoms with E-state index < -0.39 is 10.9 Å². The number of hydrogen-bond donors (Lipinski definition) is 1. The molecule has 0 atom stereocenters. The highest BCUT2D eigenvalue weighted by atomic mass is 32.2. The third-order valence-corrected chi connectivity index (χ3v) is 2.11. The third kappa shape index (κ3) is 1.80. The summed E-state index contributed by atoms with van der Waals surface area (Å²) >= 11 is 1.73. The van der Waals surface area contributed by atoms with Gasteiger partial charge < -0.3 is 5.73 Å². The van der Waals surface area contributed by atoms with Gasteiger partial charge in [-0.1, -0.05) is 11.8 Å². The molecule has 0 aliphatic heterocycles. The molecule has 1 aromatic heterocycles. The number of nitrogens with zero attached hydrogens (tertiary/aromatic N) is 2. The van der Waals surface area contributed by atoms with Crippen LogP contribution in [0.2, 0.25) is 0 Å². The number of nitrogen functional groups attached to an aromatic ring is 1. The number of Topliss-reactive ketones (excluding diaryl/α,β-unsaturated/α-hetero) is 1. The minimum atomic E-state index is -0.699. The van der Waals surface area contributed by atoms with Crippen molar-refractivity contribution in [2.24, 2.45) is 0 Å². The van der Waals surface area contributed by atoms with Crippen molar-refractivity contribution in [3.63, 3.8) is 0 Å². The average molecular weight is 203 g/mol. The molecule has 64 valence electrons. The van der Waals surface area contributed by atoms with Crippen LogP contribution in [0.3, 0.4) is 0 Å². The highest BCUT2D eigenvalue weighted by Crippen LogP contribution is 2.08. The molecular formula is C5H5N3O2S2. The standard InChI is InChI=1S/C5H5N3O2S2/c1-11-4(10)2(9)3-7-5(6)12-8-3/h1H3,(H2,6,7,8). The number of rotatable bonds is 2. The van der Waals surface area contributed by atoms with Crippen LogP contribution in [0.15, 0.2) is 0 Å². The van der Waals surface area contributed by atoms with Crippen LogP contribution in [0.1, 0.15) is 10.6 Å². The van der Waals surface area contributed by atoms with Crippen LogP contribution < -0.4 is 5.73 Å². The van der Waals surface area contributed by atoms with Crippen molar-refractivity contribution < 1.29 is 9.59 Å². The topological polar surface area (TPSA) is 85.9 Å². The molecule has 0 amide bonds. The van der Waals surface area contributed by atoms with Gasteiger partial charge in [-0.25, -0.2) is 0 Å². The Morgan fingerprint density at radius 1 is 1.58 bits per heavy atom. The molecule has 0 unspecified atom stereocenters. The highest BCUT2D eigenvalue weighted by molar-refractivity contribution is 8.14. The predicted molar refractivity (Wildman–Crippen MR) is 47.2 cm³/mol. The fourth-order valence-electron chi connectivity index (χ4n) is 0.511. The van der Waals surface area contributed by atoms with Crippen LogP contribution in [0, 0.1) is 0 Å². The van der Waals surface area contributed by atoms with Crippen LogP contribution in [0.4, 0.5) is 5.13 Å². The highest BCUT2D eigenvalue weighted by Gasteiger charge is 2.19. The molecule has 1 aromatic rings. The van der Waals surface area contributed by atoms with E-state index in [0.29, 0.717) is 0 Å². The van der Waals surface area contributed by atoms with Crippen molar-refractivity contribution in [3.8, 4) is 0 Å². The molecule has 12 heavy (non-hydrogen) atoms. The lowest BCUT2D eigenvalue weighted by Gasteiger charge is -1.88. The molecular weight excluding hydrogens is 198 g/mol. The monoisotopic (exact) mass is 203 g/mol. The van der Waals surface area contributed by atoms with Crippen LogP contribution in [-0.2, 0) is 4.79 Å². The van der Waals surface area contributed by atoms with Crippen molar-refractivity contribution >= 4 is 39.3 Å². The zero-order valence-corrected chi connectivity index (χ0v) is 7.74. The first kappa shape index (κ1) is 9.14. The fraction of sp³-hybridized carbons (Fsp3) is 0.200. The van der Waals surface area contributed by atoms with E-state index in [1.54, 1.807) is 0 Å². The SMILES string of the molecule is CSC(=O)C(=O)c1nsc(N)n1. The number of hydrogen-bond acceptors (Lipinski definition) is 7. The largest absolute Gasteiger partial charge is 0.374 e. The number of carbonyl (C=O) groups is 2. The summed E-state index contributed by atoms with van der Waals surface area (Å²) in [4.78, 5) is 25.4. The Morgan fingerprint density at radius 2 is 2.25 bits per heavy atom. The minimum absolute atomic E-state index is 0.114. The molecule has 1 heterocycles. The van der Waals surface area contributed by atoms with Gasteiger partial charge in [0.1, 0.15) is 0 Å². The van der Waals surface area contributed by atoms with Crippen molar-refractivity contribution in [3.05, 3.63) is 5.82 Å². The molecule has 2 N–H and O–H groups in total. The lowest BCUT2D eigenvalue weighted by Crippen LogP contribution is -2.11. The molecule has 0 aliphatic carbocycles. The molecule has 0 aromatic carbocycles. The summed E-state index contributed by atoms with van der Waals surface area (Å²) in [5, 5.41) is -0.389. The normalized spacial score (nSPS) is 9.75.